The SMILES string of the molecule is CCc1cc(C(=O)N2CCCN(CCCN)CC2)n(C)n1. The van der Waals surface area contributed by atoms with Crippen LogP contribution in [0.2, 0.25) is 0 Å². The molecule has 21 heavy (non-hydrogen) atoms. The number of amides is 1. The molecule has 1 aromatic rings. The van der Waals surface area contributed by atoms with E-state index in [-0.39, 0.29) is 5.91 Å². The second kappa shape index (κ2) is 7.56. The molecule has 0 aliphatic carbocycles. The summed E-state index contributed by atoms with van der Waals surface area (Å²) in [6.45, 7) is 7.41. The van der Waals surface area contributed by atoms with Crippen LogP contribution in [0, 0.1) is 0 Å². The van der Waals surface area contributed by atoms with Crippen LogP contribution in [-0.4, -0.2) is 64.8 Å². The third-order valence-electron chi connectivity index (χ3n) is 4.07. The third kappa shape index (κ3) is 4.04. The van der Waals surface area contributed by atoms with E-state index in [9.17, 15) is 4.79 Å². The van der Waals surface area contributed by atoms with Crippen molar-refractivity contribution < 1.29 is 4.79 Å². The van der Waals surface area contributed by atoms with Crippen LogP contribution in [0.1, 0.15) is 35.9 Å². The molecular weight excluding hydrogens is 266 g/mol. The number of carbonyl (C=O) groups is 1. The van der Waals surface area contributed by atoms with E-state index in [4.69, 9.17) is 5.73 Å². The number of aryl methyl sites for hydroxylation is 2. The van der Waals surface area contributed by atoms with Gasteiger partial charge in [-0.1, -0.05) is 6.92 Å². The van der Waals surface area contributed by atoms with Gasteiger partial charge in [0, 0.05) is 26.7 Å². The molecule has 0 saturated carbocycles. The fourth-order valence-electron chi connectivity index (χ4n) is 2.77. The minimum Gasteiger partial charge on any atom is -0.336 e. The second-order valence-corrected chi connectivity index (χ2v) is 5.63. The minimum atomic E-state index is 0.102. The molecule has 2 N–H and O–H groups in total. The monoisotopic (exact) mass is 293 g/mol. The maximum atomic E-state index is 12.6. The van der Waals surface area contributed by atoms with Crippen molar-refractivity contribution in [2.45, 2.75) is 26.2 Å². The Hall–Kier alpha value is -1.40. The van der Waals surface area contributed by atoms with Gasteiger partial charge < -0.3 is 15.5 Å². The molecule has 6 heteroatoms. The lowest BCUT2D eigenvalue weighted by Gasteiger charge is -2.21. The molecule has 0 radical (unpaired) electrons. The highest BCUT2D eigenvalue weighted by Gasteiger charge is 2.22. The maximum absolute atomic E-state index is 12.6. The van der Waals surface area contributed by atoms with Crippen molar-refractivity contribution in [3.63, 3.8) is 0 Å². The zero-order chi connectivity index (χ0) is 15.2. The zero-order valence-corrected chi connectivity index (χ0v) is 13.2. The molecule has 1 aliphatic heterocycles. The number of nitrogens with two attached hydrogens (primary N) is 1. The molecule has 1 fully saturated rings. The minimum absolute atomic E-state index is 0.102. The van der Waals surface area contributed by atoms with Crippen molar-refractivity contribution in [3.8, 4) is 0 Å². The summed E-state index contributed by atoms with van der Waals surface area (Å²) in [5.74, 6) is 0.102. The maximum Gasteiger partial charge on any atom is 0.272 e. The van der Waals surface area contributed by atoms with Crippen LogP contribution in [0.25, 0.3) is 0 Å². The van der Waals surface area contributed by atoms with E-state index in [2.05, 4.69) is 16.9 Å². The standard InChI is InChI=1S/C15H27N5O/c1-3-13-12-14(18(2)17-13)15(21)20-9-5-8-19(10-11-20)7-4-6-16/h12H,3-11,16H2,1-2H3. The Labute approximate surface area is 126 Å². The van der Waals surface area contributed by atoms with Gasteiger partial charge in [0.25, 0.3) is 5.91 Å². The zero-order valence-electron chi connectivity index (χ0n) is 13.2. The molecule has 0 bridgehead atoms. The number of aromatic nitrogens is 2. The highest BCUT2D eigenvalue weighted by atomic mass is 16.2. The normalized spacial score (nSPS) is 17.0. The van der Waals surface area contributed by atoms with Crippen LogP contribution in [-0.2, 0) is 13.5 Å². The van der Waals surface area contributed by atoms with Gasteiger partial charge in [-0.15, -0.1) is 0 Å². The Morgan fingerprint density at radius 3 is 2.81 bits per heavy atom. The molecule has 118 valence electrons. The first-order valence-electron chi connectivity index (χ1n) is 7.90. The molecule has 0 aromatic carbocycles. The largest absolute Gasteiger partial charge is 0.336 e. The summed E-state index contributed by atoms with van der Waals surface area (Å²) in [6.07, 6.45) is 2.90. The van der Waals surface area contributed by atoms with Gasteiger partial charge in [0.2, 0.25) is 0 Å². The van der Waals surface area contributed by atoms with E-state index in [0.717, 1.165) is 64.2 Å². The van der Waals surface area contributed by atoms with Crippen molar-refractivity contribution in [2.24, 2.45) is 12.8 Å². The number of nitrogens with zero attached hydrogens (tertiary/aromatic N) is 4. The molecule has 6 nitrogen and oxygen atoms in total. The van der Waals surface area contributed by atoms with Gasteiger partial charge in [0.1, 0.15) is 5.69 Å². The summed E-state index contributed by atoms with van der Waals surface area (Å²) in [5.41, 5.74) is 7.24. The van der Waals surface area contributed by atoms with Crippen LogP contribution in [0.4, 0.5) is 0 Å². The van der Waals surface area contributed by atoms with Gasteiger partial charge in [-0.05, 0) is 45.0 Å². The molecule has 2 rings (SSSR count). The lowest BCUT2D eigenvalue weighted by molar-refractivity contribution is 0.0750. The summed E-state index contributed by atoms with van der Waals surface area (Å²) in [6, 6.07) is 1.92. The highest BCUT2D eigenvalue weighted by Crippen LogP contribution is 2.11. The van der Waals surface area contributed by atoms with Gasteiger partial charge in [0.05, 0.1) is 5.69 Å². The Balaban J connectivity index is 1.98. The Bertz CT molecular complexity index is 471. The van der Waals surface area contributed by atoms with E-state index in [0.29, 0.717) is 5.69 Å². The van der Waals surface area contributed by atoms with Gasteiger partial charge in [-0.3, -0.25) is 9.48 Å². The van der Waals surface area contributed by atoms with E-state index in [1.54, 1.807) is 4.68 Å². The second-order valence-electron chi connectivity index (χ2n) is 5.63. The lowest BCUT2D eigenvalue weighted by Crippen LogP contribution is -2.36. The lowest BCUT2D eigenvalue weighted by atomic mass is 10.2. The number of hydrogen-bond acceptors (Lipinski definition) is 4. The Morgan fingerprint density at radius 1 is 1.33 bits per heavy atom. The van der Waals surface area contributed by atoms with Crippen LogP contribution in [0.5, 0.6) is 0 Å². The van der Waals surface area contributed by atoms with E-state index in [1.807, 2.05) is 18.0 Å². The average molecular weight is 293 g/mol. The van der Waals surface area contributed by atoms with Crippen molar-refractivity contribution in [1.82, 2.24) is 19.6 Å². The van der Waals surface area contributed by atoms with Gasteiger partial charge >= 0.3 is 0 Å². The summed E-state index contributed by atoms with van der Waals surface area (Å²) in [7, 11) is 1.85. The molecule has 1 amide bonds. The first kappa shape index (κ1) is 16.0. The molecular formula is C15H27N5O. The Morgan fingerprint density at radius 2 is 2.14 bits per heavy atom. The first-order valence-corrected chi connectivity index (χ1v) is 7.90. The first-order chi connectivity index (χ1) is 10.2. The summed E-state index contributed by atoms with van der Waals surface area (Å²) >= 11 is 0. The molecule has 0 atom stereocenters. The average Bonchev–Trinajstić information content (AvgIpc) is 2.72. The molecule has 0 unspecified atom stereocenters. The van der Waals surface area contributed by atoms with Crippen molar-refractivity contribution in [3.05, 3.63) is 17.5 Å². The summed E-state index contributed by atoms with van der Waals surface area (Å²) in [4.78, 5) is 17.0. The van der Waals surface area contributed by atoms with Crippen LogP contribution in [0.15, 0.2) is 6.07 Å². The number of carbonyl (C=O) groups excluding carboxylic acids is 1. The van der Waals surface area contributed by atoms with E-state index in [1.165, 1.54) is 0 Å². The molecule has 0 spiro atoms. The van der Waals surface area contributed by atoms with E-state index < -0.39 is 0 Å². The third-order valence-corrected chi connectivity index (χ3v) is 4.07. The molecule has 1 aromatic heterocycles. The van der Waals surface area contributed by atoms with Crippen molar-refractivity contribution in [1.29, 1.82) is 0 Å². The van der Waals surface area contributed by atoms with Crippen molar-refractivity contribution >= 4 is 5.91 Å². The summed E-state index contributed by atoms with van der Waals surface area (Å²) < 4.78 is 1.71. The predicted octanol–water partition coefficient (Wildman–Crippen LogP) is 0.479. The summed E-state index contributed by atoms with van der Waals surface area (Å²) in [5, 5.41) is 4.37. The fourth-order valence-corrected chi connectivity index (χ4v) is 2.77. The Kier molecular flexibility index (Phi) is 5.76. The smallest absolute Gasteiger partial charge is 0.272 e. The molecule has 1 aliphatic rings. The van der Waals surface area contributed by atoms with Gasteiger partial charge in [-0.2, -0.15) is 5.10 Å². The predicted molar refractivity (Wildman–Crippen MR) is 83.2 cm³/mol. The quantitative estimate of drug-likeness (QED) is 0.857. The van der Waals surface area contributed by atoms with Gasteiger partial charge in [0.15, 0.2) is 0 Å². The van der Waals surface area contributed by atoms with Gasteiger partial charge in [-0.25, -0.2) is 0 Å². The molecule has 2 heterocycles. The van der Waals surface area contributed by atoms with Crippen molar-refractivity contribution in [2.75, 3.05) is 39.3 Å². The number of hydrogen-bond donors (Lipinski definition) is 1. The van der Waals surface area contributed by atoms with E-state index >= 15 is 0 Å². The highest BCUT2D eigenvalue weighted by molar-refractivity contribution is 5.92. The number of rotatable bonds is 5. The van der Waals surface area contributed by atoms with Crippen LogP contribution < -0.4 is 5.73 Å². The molecule has 1 saturated heterocycles. The fraction of sp³-hybridized carbons (Fsp3) is 0.733. The topological polar surface area (TPSA) is 67.4 Å². The van der Waals surface area contributed by atoms with Crippen LogP contribution in [0.3, 0.4) is 0 Å². The van der Waals surface area contributed by atoms with Crippen LogP contribution >= 0.6 is 0 Å².